The first-order valence-corrected chi connectivity index (χ1v) is 19.4. The Morgan fingerprint density at radius 1 is 0.179 bits per heavy atom. The number of hydrogen-bond donors (Lipinski definition) is 0. The van der Waals surface area contributed by atoms with E-state index in [1.165, 1.54) is 111 Å². The Morgan fingerprint density at radius 3 is 1.09 bits per heavy atom. The van der Waals surface area contributed by atoms with Gasteiger partial charge in [0.05, 0.1) is 0 Å². The first-order chi connectivity index (χ1) is 27.8. The van der Waals surface area contributed by atoms with Gasteiger partial charge in [-0.25, -0.2) is 0 Å². The average Bonchev–Trinajstić information content (AvgIpc) is 3.61. The highest BCUT2D eigenvalue weighted by molar-refractivity contribution is 6.21. The molecule has 10 aromatic rings. The van der Waals surface area contributed by atoms with E-state index in [9.17, 15) is 0 Å². The van der Waals surface area contributed by atoms with Gasteiger partial charge in [-0.05, 0) is 117 Å². The first-order valence-electron chi connectivity index (χ1n) is 19.4. The third-order valence-electron chi connectivity index (χ3n) is 11.7. The Labute approximate surface area is 327 Å². The van der Waals surface area contributed by atoms with Gasteiger partial charge in [0.2, 0.25) is 0 Å². The molecule has 0 atom stereocenters. The van der Waals surface area contributed by atoms with E-state index in [4.69, 9.17) is 0 Å². The van der Waals surface area contributed by atoms with Crippen molar-refractivity contribution in [2.75, 3.05) is 0 Å². The molecule has 260 valence electrons. The van der Waals surface area contributed by atoms with Crippen LogP contribution in [0, 0.1) is 0 Å². The van der Waals surface area contributed by atoms with Gasteiger partial charge in [-0.2, -0.15) is 0 Å². The van der Waals surface area contributed by atoms with E-state index in [1.54, 1.807) is 0 Å². The zero-order valence-corrected chi connectivity index (χ0v) is 30.8. The molecule has 1 aliphatic carbocycles. The van der Waals surface area contributed by atoms with Crippen LogP contribution in [0.2, 0.25) is 0 Å². The standard InChI is InChI=1S/C56H36/c1-5-18-37(19-6-1)51-36-52(54(39-22-9-3-10-23-39)55(40-24-11-4-12-25-40)53(51)38-20-7-2-8-21-38)47-33-32-45(41-26-13-14-27-42(41)47)46-34-35-50-44-29-16-15-28-43(44)48-30-17-31-49(46)56(48)50/h1-36H. The van der Waals surface area contributed by atoms with Crippen LogP contribution >= 0.6 is 0 Å². The quantitative estimate of drug-likeness (QED) is 0.161. The number of hydrogen-bond acceptors (Lipinski definition) is 0. The molecule has 0 heterocycles. The molecule has 0 aliphatic heterocycles. The van der Waals surface area contributed by atoms with Crippen LogP contribution in [0.1, 0.15) is 0 Å². The highest BCUT2D eigenvalue weighted by atomic mass is 14.3. The van der Waals surface area contributed by atoms with Crippen molar-refractivity contribution in [3.05, 3.63) is 218 Å². The summed E-state index contributed by atoms with van der Waals surface area (Å²) in [6, 6.07) is 80.3. The normalized spacial score (nSPS) is 11.6. The predicted octanol–water partition coefficient (Wildman–Crippen LogP) is 15.6. The largest absolute Gasteiger partial charge is 0.0622 e. The molecule has 10 aromatic carbocycles. The maximum atomic E-state index is 2.46. The molecule has 0 fully saturated rings. The molecule has 0 bridgehead atoms. The second kappa shape index (κ2) is 13.2. The van der Waals surface area contributed by atoms with Gasteiger partial charge < -0.3 is 0 Å². The predicted molar refractivity (Wildman–Crippen MR) is 238 cm³/mol. The average molecular weight is 709 g/mol. The zero-order chi connectivity index (χ0) is 37.0. The fourth-order valence-electron chi connectivity index (χ4n) is 9.26. The summed E-state index contributed by atoms with van der Waals surface area (Å²) in [6.07, 6.45) is 0. The Hall–Kier alpha value is -7.28. The first kappa shape index (κ1) is 32.2. The van der Waals surface area contributed by atoms with Crippen LogP contribution in [0.3, 0.4) is 0 Å². The fraction of sp³-hybridized carbons (Fsp3) is 0. The Bertz CT molecular complexity index is 3060. The molecular formula is C56H36. The number of fused-ring (bicyclic) bond motifs is 4. The second-order valence-electron chi connectivity index (χ2n) is 14.7. The zero-order valence-electron chi connectivity index (χ0n) is 30.8. The van der Waals surface area contributed by atoms with E-state index >= 15 is 0 Å². The molecule has 0 heteroatoms. The lowest BCUT2D eigenvalue weighted by molar-refractivity contribution is 1.53. The van der Waals surface area contributed by atoms with Gasteiger partial charge in [0.1, 0.15) is 0 Å². The van der Waals surface area contributed by atoms with E-state index in [2.05, 4.69) is 218 Å². The van der Waals surface area contributed by atoms with E-state index < -0.39 is 0 Å². The minimum Gasteiger partial charge on any atom is -0.0622 e. The number of rotatable bonds is 6. The highest BCUT2D eigenvalue weighted by Gasteiger charge is 2.26. The summed E-state index contributed by atoms with van der Waals surface area (Å²) in [7, 11) is 0. The summed E-state index contributed by atoms with van der Waals surface area (Å²) >= 11 is 0. The third kappa shape index (κ3) is 5.08. The molecule has 0 unspecified atom stereocenters. The lowest BCUT2D eigenvalue weighted by Crippen LogP contribution is -1.98. The molecule has 0 spiro atoms. The summed E-state index contributed by atoms with van der Waals surface area (Å²) in [4.78, 5) is 0. The SMILES string of the molecule is c1ccc(-c2cc(-c3ccc(-c4ccc5c6c(cccc46)-c4ccccc4-5)c4ccccc34)c(-c3ccccc3)c(-c3ccccc3)c2-c2ccccc2)cc1. The minimum absolute atomic E-state index is 1.19. The Kier molecular flexibility index (Phi) is 7.60. The molecule has 0 amide bonds. The monoisotopic (exact) mass is 708 g/mol. The van der Waals surface area contributed by atoms with Gasteiger partial charge in [-0.1, -0.05) is 212 Å². The molecule has 0 saturated heterocycles. The van der Waals surface area contributed by atoms with Gasteiger partial charge in [0.15, 0.2) is 0 Å². The highest BCUT2D eigenvalue weighted by Crippen LogP contribution is 2.53. The molecular weight excluding hydrogens is 673 g/mol. The minimum atomic E-state index is 1.19. The van der Waals surface area contributed by atoms with E-state index in [-0.39, 0.29) is 0 Å². The molecule has 1 aliphatic rings. The lowest BCUT2D eigenvalue weighted by Gasteiger charge is -2.25. The topological polar surface area (TPSA) is 0 Å². The van der Waals surface area contributed by atoms with E-state index in [1.807, 2.05) is 0 Å². The van der Waals surface area contributed by atoms with Crippen molar-refractivity contribution in [1.29, 1.82) is 0 Å². The Morgan fingerprint density at radius 2 is 0.536 bits per heavy atom. The summed E-state index contributed by atoms with van der Waals surface area (Å²) in [5.41, 5.74) is 19.9. The summed E-state index contributed by atoms with van der Waals surface area (Å²) in [6.45, 7) is 0. The maximum Gasteiger partial charge on any atom is -0.00143 e. The van der Waals surface area contributed by atoms with E-state index in [0.717, 1.165) is 0 Å². The van der Waals surface area contributed by atoms with Gasteiger partial charge in [-0.3, -0.25) is 0 Å². The van der Waals surface area contributed by atoms with Crippen molar-refractivity contribution in [3.63, 3.8) is 0 Å². The summed E-state index contributed by atoms with van der Waals surface area (Å²) < 4.78 is 0. The molecule has 0 N–H and O–H groups in total. The second-order valence-corrected chi connectivity index (χ2v) is 14.7. The van der Waals surface area contributed by atoms with Crippen LogP contribution < -0.4 is 0 Å². The van der Waals surface area contributed by atoms with Gasteiger partial charge in [0, 0.05) is 0 Å². The van der Waals surface area contributed by atoms with Crippen molar-refractivity contribution in [2.45, 2.75) is 0 Å². The van der Waals surface area contributed by atoms with Gasteiger partial charge in [0.25, 0.3) is 0 Å². The van der Waals surface area contributed by atoms with Crippen LogP contribution in [-0.2, 0) is 0 Å². The van der Waals surface area contributed by atoms with Crippen LogP contribution in [0.15, 0.2) is 218 Å². The van der Waals surface area contributed by atoms with Crippen LogP contribution in [0.5, 0.6) is 0 Å². The van der Waals surface area contributed by atoms with Crippen LogP contribution in [0.4, 0.5) is 0 Å². The van der Waals surface area contributed by atoms with Crippen molar-refractivity contribution in [2.24, 2.45) is 0 Å². The van der Waals surface area contributed by atoms with E-state index in [0.29, 0.717) is 0 Å². The fourth-order valence-corrected chi connectivity index (χ4v) is 9.26. The molecule has 0 saturated carbocycles. The molecule has 11 rings (SSSR count). The van der Waals surface area contributed by atoms with Crippen molar-refractivity contribution in [1.82, 2.24) is 0 Å². The number of benzene rings is 10. The summed E-state index contributed by atoms with van der Waals surface area (Å²) in [5, 5.41) is 5.13. The van der Waals surface area contributed by atoms with Crippen molar-refractivity contribution >= 4 is 21.5 Å². The molecule has 0 nitrogen and oxygen atoms in total. The molecule has 0 radical (unpaired) electrons. The van der Waals surface area contributed by atoms with Crippen LogP contribution in [0.25, 0.3) is 111 Å². The van der Waals surface area contributed by atoms with Crippen LogP contribution in [-0.4, -0.2) is 0 Å². The Balaban J connectivity index is 1.24. The lowest BCUT2D eigenvalue weighted by atomic mass is 9.78. The smallest absolute Gasteiger partial charge is 0.00143 e. The van der Waals surface area contributed by atoms with Gasteiger partial charge >= 0.3 is 0 Å². The molecule has 56 heavy (non-hydrogen) atoms. The molecule has 0 aromatic heterocycles. The maximum absolute atomic E-state index is 2.46. The van der Waals surface area contributed by atoms with Gasteiger partial charge in [-0.15, -0.1) is 0 Å². The summed E-state index contributed by atoms with van der Waals surface area (Å²) in [5.74, 6) is 0. The third-order valence-corrected chi connectivity index (χ3v) is 11.7. The van der Waals surface area contributed by atoms with Crippen molar-refractivity contribution < 1.29 is 0 Å². The van der Waals surface area contributed by atoms with Crippen molar-refractivity contribution in [3.8, 4) is 89.0 Å².